The van der Waals surface area contributed by atoms with E-state index in [0.717, 1.165) is 0 Å². The third-order valence-corrected chi connectivity index (χ3v) is 3.72. The minimum absolute atomic E-state index is 0. The molecule has 0 unspecified atom stereocenters. The minimum Gasteiger partial charge on any atom is -1.00 e. The van der Waals surface area contributed by atoms with Crippen molar-refractivity contribution in [2.75, 3.05) is 27.2 Å². The van der Waals surface area contributed by atoms with Crippen molar-refractivity contribution in [3.8, 4) is 0 Å². The van der Waals surface area contributed by atoms with Crippen molar-refractivity contribution < 1.29 is 21.5 Å². The fourth-order valence-electron chi connectivity index (χ4n) is 2.01. The van der Waals surface area contributed by atoms with Gasteiger partial charge in [-0.05, 0) is 19.8 Å². The first-order valence-electron chi connectivity index (χ1n) is 7.44. The van der Waals surface area contributed by atoms with Crippen LogP contribution in [0.4, 0.5) is 0 Å². The molecule has 0 rings (SSSR count). The second-order valence-corrected chi connectivity index (χ2v) is 5.80. The maximum Gasteiger partial charge on any atom is 0.0782 e. The fraction of sp³-hybridized carbons (Fsp3) is 1.00. The van der Waals surface area contributed by atoms with E-state index in [1.807, 2.05) is 0 Å². The molecule has 0 saturated heterocycles. The van der Waals surface area contributed by atoms with Gasteiger partial charge in [-0.2, -0.15) is 0 Å². The van der Waals surface area contributed by atoms with Crippen LogP contribution in [-0.2, 0) is 0 Å². The zero-order chi connectivity index (χ0) is 12.3. The van der Waals surface area contributed by atoms with Crippen molar-refractivity contribution in [3.05, 3.63) is 0 Å². The standard InChI is InChI=1S/C15H34N.BrH/c1-5-7-8-9-10-11-12-13-14-15-16(3,4)6-2;/h5-15H2,1-4H3;1H/q+1;/p-1. The summed E-state index contributed by atoms with van der Waals surface area (Å²) in [4.78, 5) is 0. The Kier molecular flexibility index (Phi) is 15.0. The molecule has 0 aliphatic carbocycles. The van der Waals surface area contributed by atoms with Crippen molar-refractivity contribution >= 4 is 0 Å². The summed E-state index contributed by atoms with van der Waals surface area (Å²) in [5.41, 5.74) is 0. The largest absolute Gasteiger partial charge is 1.00 e. The van der Waals surface area contributed by atoms with Crippen LogP contribution in [0.1, 0.15) is 71.6 Å². The lowest BCUT2D eigenvalue weighted by atomic mass is 10.1. The molecule has 0 radical (unpaired) electrons. The van der Waals surface area contributed by atoms with Crippen molar-refractivity contribution in [3.63, 3.8) is 0 Å². The molecule has 0 aromatic rings. The Labute approximate surface area is 120 Å². The van der Waals surface area contributed by atoms with Crippen LogP contribution in [-0.4, -0.2) is 31.7 Å². The summed E-state index contributed by atoms with van der Waals surface area (Å²) in [5, 5.41) is 0. The smallest absolute Gasteiger partial charge is 0.0782 e. The SMILES string of the molecule is CCCCCCCCCCC[N+](C)(C)CC.[Br-]. The highest BCUT2D eigenvalue weighted by atomic mass is 79.9. The van der Waals surface area contributed by atoms with E-state index in [1.54, 1.807) is 0 Å². The molecule has 0 atom stereocenters. The summed E-state index contributed by atoms with van der Waals surface area (Å²) in [7, 11) is 4.68. The summed E-state index contributed by atoms with van der Waals surface area (Å²) >= 11 is 0. The maximum atomic E-state index is 2.34. The molecule has 0 fully saturated rings. The summed E-state index contributed by atoms with van der Waals surface area (Å²) < 4.78 is 1.19. The lowest BCUT2D eigenvalue weighted by Gasteiger charge is -2.28. The first-order valence-corrected chi connectivity index (χ1v) is 7.44. The predicted molar refractivity (Wildman–Crippen MR) is 74.7 cm³/mol. The van der Waals surface area contributed by atoms with Gasteiger partial charge in [0.2, 0.25) is 0 Å². The summed E-state index contributed by atoms with van der Waals surface area (Å²) in [6.07, 6.45) is 12.9. The van der Waals surface area contributed by atoms with Crippen LogP contribution >= 0.6 is 0 Å². The molecule has 0 N–H and O–H groups in total. The Balaban J connectivity index is 0. The van der Waals surface area contributed by atoms with E-state index >= 15 is 0 Å². The van der Waals surface area contributed by atoms with E-state index in [-0.39, 0.29) is 17.0 Å². The van der Waals surface area contributed by atoms with Crippen LogP contribution in [0.25, 0.3) is 0 Å². The van der Waals surface area contributed by atoms with Gasteiger partial charge in [-0.25, -0.2) is 0 Å². The topological polar surface area (TPSA) is 0 Å². The Morgan fingerprint density at radius 1 is 0.647 bits per heavy atom. The van der Waals surface area contributed by atoms with E-state index in [1.165, 1.54) is 75.4 Å². The number of hydrogen-bond donors (Lipinski definition) is 0. The molecule has 0 aromatic carbocycles. The van der Waals surface area contributed by atoms with E-state index in [4.69, 9.17) is 0 Å². The molecule has 0 heterocycles. The summed E-state index contributed by atoms with van der Waals surface area (Å²) in [5.74, 6) is 0. The molecule has 106 valence electrons. The van der Waals surface area contributed by atoms with Crippen molar-refractivity contribution in [1.82, 2.24) is 0 Å². The van der Waals surface area contributed by atoms with E-state index in [9.17, 15) is 0 Å². The molecule has 0 amide bonds. The zero-order valence-electron chi connectivity index (χ0n) is 12.6. The molecular formula is C15H34BrN. The van der Waals surface area contributed by atoms with E-state index in [0.29, 0.717) is 0 Å². The van der Waals surface area contributed by atoms with Gasteiger partial charge in [0.05, 0.1) is 27.2 Å². The van der Waals surface area contributed by atoms with Gasteiger partial charge in [0, 0.05) is 0 Å². The second kappa shape index (κ2) is 12.9. The maximum absolute atomic E-state index is 2.34. The van der Waals surface area contributed by atoms with Gasteiger partial charge in [-0.3, -0.25) is 0 Å². The van der Waals surface area contributed by atoms with Gasteiger partial charge >= 0.3 is 0 Å². The van der Waals surface area contributed by atoms with Gasteiger partial charge < -0.3 is 21.5 Å². The third kappa shape index (κ3) is 14.4. The Bertz CT molecular complexity index is 146. The van der Waals surface area contributed by atoms with Gasteiger partial charge in [0.25, 0.3) is 0 Å². The highest BCUT2D eigenvalue weighted by Crippen LogP contribution is 2.10. The molecule has 0 aliphatic rings. The predicted octanol–water partition coefficient (Wildman–Crippen LogP) is 1.62. The van der Waals surface area contributed by atoms with Gasteiger partial charge in [0.15, 0.2) is 0 Å². The highest BCUT2D eigenvalue weighted by molar-refractivity contribution is 4.46. The summed E-state index contributed by atoms with van der Waals surface area (Å²) in [6, 6.07) is 0. The van der Waals surface area contributed by atoms with Crippen LogP contribution in [0, 0.1) is 0 Å². The minimum atomic E-state index is 0. The second-order valence-electron chi connectivity index (χ2n) is 5.80. The Morgan fingerprint density at radius 2 is 1.06 bits per heavy atom. The molecule has 0 spiro atoms. The lowest BCUT2D eigenvalue weighted by Crippen LogP contribution is -3.00. The Hall–Kier alpha value is 0.440. The van der Waals surface area contributed by atoms with Crippen LogP contribution in [0.15, 0.2) is 0 Å². The molecule has 0 aliphatic heterocycles. The first kappa shape index (κ1) is 19.8. The first-order chi connectivity index (χ1) is 7.62. The average molecular weight is 308 g/mol. The molecule has 0 bridgehead atoms. The number of nitrogens with zero attached hydrogens (tertiary/aromatic N) is 1. The average Bonchev–Trinajstić information content (AvgIpc) is 2.27. The lowest BCUT2D eigenvalue weighted by molar-refractivity contribution is -0.888. The number of unbranched alkanes of at least 4 members (excludes halogenated alkanes) is 8. The monoisotopic (exact) mass is 307 g/mol. The molecule has 17 heavy (non-hydrogen) atoms. The molecule has 2 heteroatoms. The van der Waals surface area contributed by atoms with Crippen LogP contribution in [0.5, 0.6) is 0 Å². The number of halogens is 1. The van der Waals surface area contributed by atoms with Crippen LogP contribution in [0.3, 0.4) is 0 Å². The van der Waals surface area contributed by atoms with Gasteiger partial charge in [-0.1, -0.05) is 51.9 Å². The van der Waals surface area contributed by atoms with Crippen LogP contribution < -0.4 is 17.0 Å². The van der Waals surface area contributed by atoms with Gasteiger partial charge in [-0.15, -0.1) is 0 Å². The fourth-order valence-corrected chi connectivity index (χ4v) is 2.01. The van der Waals surface area contributed by atoms with Crippen molar-refractivity contribution in [1.29, 1.82) is 0 Å². The molecule has 1 nitrogen and oxygen atoms in total. The molecular weight excluding hydrogens is 274 g/mol. The van der Waals surface area contributed by atoms with Crippen molar-refractivity contribution in [2.45, 2.75) is 71.6 Å². The number of rotatable bonds is 11. The molecule has 0 saturated carbocycles. The van der Waals surface area contributed by atoms with Gasteiger partial charge in [0.1, 0.15) is 0 Å². The third-order valence-electron chi connectivity index (χ3n) is 3.72. The quantitative estimate of drug-likeness (QED) is 0.402. The van der Waals surface area contributed by atoms with E-state index < -0.39 is 0 Å². The normalized spacial score (nSPS) is 11.3. The van der Waals surface area contributed by atoms with E-state index in [2.05, 4.69) is 27.9 Å². The number of hydrogen-bond acceptors (Lipinski definition) is 0. The Morgan fingerprint density at radius 3 is 1.47 bits per heavy atom. The number of quaternary nitrogens is 1. The summed E-state index contributed by atoms with van der Waals surface area (Å²) in [6.45, 7) is 7.19. The van der Waals surface area contributed by atoms with Crippen LogP contribution in [0.2, 0.25) is 0 Å². The van der Waals surface area contributed by atoms with Crippen molar-refractivity contribution in [2.24, 2.45) is 0 Å². The molecule has 0 aromatic heterocycles. The highest BCUT2D eigenvalue weighted by Gasteiger charge is 2.09. The zero-order valence-corrected chi connectivity index (χ0v) is 14.2.